The molecule has 2 unspecified atom stereocenters. The highest BCUT2D eigenvalue weighted by Gasteiger charge is 2.26. The molecule has 16 heavy (non-hydrogen) atoms. The summed E-state index contributed by atoms with van der Waals surface area (Å²) in [4.78, 5) is 0. The normalized spacial score (nSPS) is 25.2. The molecule has 1 aliphatic carbocycles. The average molecular weight is 223 g/mol. The van der Waals surface area contributed by atoms with Gasteiger partial charge in [0.15, 0.2) is 0 Å². The fourth-order valence-corrected chi connectivity index (χ4v) is 2.40. The lowest BCUT2D eigenvalue weighted by Crippen LogP contribution is -2.36. The van der Waals surface area contributed by atoms with E-state index in [0.717, 1.165) is 6.54 Å². The molecule has 1 aromatic rings. The van der Waals surface area contributed by atoms with Crippen molar-refractivity contribution in [2.24, 2.45) is 7.05 Å². The van der Waals surface area contributed by atoms with Gasteiger partial charge in [-0.05, 0) is 26.2 Å². The van der Waals surface area contributed by atoms with Gasteiger partial charge in [-0.15, -0.1) is 0 Å². The van der Waals surface area contributed by atoms with Crippen LogP contribution >= 0.6 is 0 Å². The van der Waals surface area contributed by atoms with Gasteiger partial charge >= 0.3 is 0 Å². The third-order valence-corrected chi connectivity index (χ3v) is 3.65. The van der Waals surface area contributed by atoms with Crippen LogP contribution in [0.5, 0.6) is 0 Å². The number of nitrogens with zero attached hydrogens (tertiary/aromatic N) is 2. The summed E-state index contributed by atoms with van der Waals surface area (Å²) in [5.41, 5.74) is 2.52. The second kappa shape index (κ2) is 4.97. The highest BCUT2D eigenvalue weighted by atomic mass is 16.5. The van der Waals surface area contributed by atoms with Gasteiger partial charge in [0, 0.05) is 38.0 Å². The summed E-state index contributed by atoms with van der Waals surface area (Å²) in [6, 6.07) is 0.504. The van der Waals surface area contributed by atoms with Crippen molar-refractivity contribution in [2.45, 2.75) is 44.9 Å². The molecule has 2 rings (SSSR count). The van der Waals surface area contributed by atoms with E-state index in [1.807, 2.05) is 17.9 Å². The molecule has 0 aromatic carbocycles. The summed E-state index contributed by atoms with van der Waals surface area (Å²) in [6.07, 6.45) is 6.00. The Bertz CT molecular complexity index is 348. The number of nitrogens with one attached hydrogen (secondary N) is 1. The predicted molar refractivity (Wildman–Crippen MR) is 63.2 cm³/mol. The van der Waals surface area contributed by atoms with E-state index < -0.39 is 0 Å². The molecule has 0 spiro atoms. The summed E-state index contributed by atoms with van der Waals surface area (Å²) in [7, 11) is 3.78. The fourth-order valence-electron chi connectivity index (χ4n) is 2.40. The molecule has 0 radical (unpaired) electrons. The number of hydrogen-bond acceptors (Lipinski definition) is 3. The van der Waals surface area contributed by atoms with Crippen LogP contribution < -0.4 is 5.32 Å². The van der Waals surface area contributed by atoms with E-state index in [1.54, 1.807) is 7.11 Å². The summed E-state index contributed by atoms with van der Waals surface area (Å²) < 4.78 is 7.38. The van der Waals surface area contributed by atoms with Crippen LogP contribution in [-0.4, -0.2) is 29.0 Å². The van der Waals surface area contributed by atoms with E-state index in [0.29, 0.717) is 12.1 Å². The Morgan fingerprint density at radius 3 is 3.00 bits per heavy atom. The molecule has 0 saturated heterocycles. The number of aromatic nitrogens is 2. The maximum atomic E-state index is 5.46. The van der Waals surface area contributed by atoms with E-state index in [1.165, 1.54) is 30.5 Å². The molecular weight excluding hydrogens is 202 g/mol. The molecule has 0 bridgehead atoms. The zero-order valence-electron chi connectivity index (χ0n) is 10.4. The first-order valence-corrected chi connectivity index (χ1v) is 5.96. The van der Waals surface area contributed by atoms with Gasteiger partial charge in [0.2, 0.25) is 0 Å². The molecule has 1 N–H and O–H groups in total. The van der Waals surface area contributed by atoms with Crippen molar-refractivity contribution >= 4 is 0 Å². The molecule has 0 amide bonds. The predicted octanol–water partition coefficient (Wildman–Crippen LogP) is 1.39. The third-order valence-electron chi connectivity index (χ3n) is 3.65. The molecular formula is C12H21N3O. The monoisotopic (exact) mass is 223 g/mol. The van der Waals surface area contributed by atoms with E-state index in [9.17, 15) is 0 Å². The number of rotatable bonds is 4. The zero-order valence-corrected chi connectivity index (χ0v) is 10.4. The fraction of sp³-hybridized carbons (Fsp3) is 0.750. The van der Waals surface area contributed by atoms with E-state index in [4.69, 9.17) is 4.74 Å². The number of ether oxygens (including phenoxy) is 1. The summed E-state index contributed by atoms with van der Waals surface area (Å²) in [5.74, 6) is 0. The smallest absolute Gasteiger partial charge is 0.0724 e. The van der Waals surface area contributed by atoms with Crippen molar-refractivity contribution in [3.63, 3.8) is 0 Å². The number of aryl methyl sites for hydroxylation is 1. The van der Waals surface area contributed by atoms with Crippen LogP contribution in [0.25, 0.3) is 0 Å². The second-order valence-corrected chi connectivity index (χ2v) is 4.57. The first-order chi connectivity index (χ1) is 7.72. The van der Waals surface area contributed by atoms with Gasteiger partial charge in [-0.3, -0.25) is 4.68 Å². The SMILES string of the molecule is COC1CCCC1NCc1cnn(C)c1C. The van der Waals surface area contributed by atoms with E-state index in [2.05, 4.69) is 17.3 Å². The van der Waals surface area contributed by atoms with Crippen LogP contribution in [0, 0.1) is 6.92 Å². The highest BCUT2D eigenvalue weighted by molar-refractivity contribution is 5.15. The highest BCUT2D eigenvalue weighted by Crippen LogP contribution is 2.22. The average Bonchev–Trinajstić information content (AvgIpc) is 2.86. The molecule has 2 atom stereocenters. The largest absolute Gasteiger partial charge is 0.380 e. The molecule has 1 heterocycles. The van der Waals surface area contributed by atoms with Crippen LogP contribution in [0.3, 0.4) is 0 Å². The van der Waals surface area contributed by atoms with E-state index in [-0.39, 0.29) is 0 Å². The van der Waals surface area contributed by atoms with Crippen LogP contribution in [0.15, 0.2) is 6.20 Å². The van der Waals surface area contributed by atoms with Crippen LogP contribution in [0.2, 0.25) is 0 Å². The van der Waals surface area contributed by atoms with Crippen LogP contribution in [-0.2, 0) is 18.3 Å². The molecule has 4 nitrogen and oxygen atoms in total. The Morgan fingerprint density at radius 2 is 2.38 bits per heavy atom. The van der Waals surface area contributed by atoms with Crippen molar-refractivity contribution in [3.8, 4) is 0 Å². The molecule has 1 saturated carbocycles. The Kier molecular flexibility index (Phi) is 3.61. The van der Waals surface area contributed by atoms with Crippen molar-refractivity contribution < 1.29 is 4.74 Å². The summed E-state index contributed by atoms with van der Waals surface area (Å²) in [6.45, 7) is 3.00. The quantitative estimate of drug-likeness (QED) is 0.838. The minimum absolute atomic E-state index is 0.386. The van der Waals surface area contributed by atoms with Gasteiger partial charge in [0.25, 0.3) is 0 Å². The Morgan fingerprint density at radius 1 is 1.56 bits per heavy atom. The number of hydrogen-bond donors (Lipinski definition) is 1. The lowest BCUT2D eigenvalue weighted by molar-refractivity contribution is 0.0847. The van der Waals surface area contributed by atoms with Crippen molar-refractivity contribution in [3.05, 3.63) is 17.5 Å². The summed E-state index contributed by atoms with van der Waals surface area (Å²) >= 11 is 0. The lowest BCUT2D eigenvalue weighted by atomic mass is 10.2. The maximum Gasteiger partial charge on any atom is 0.0724 e. The molecule has 1 aromatic heterocycles. The van der Waals surface area contributed by atoms with E-state index >= 15 is 0 Å². The van der Waals surface area contributed by atoms with Gasteiger partial charge in [0.05, 0.1) is 12.3 Å². The van der Waals surface area contributed by atoms with Gasteiger partial charge < -0.3 is 10.1 Å². The molecule has 4 heteroatoms. The minimum atomic E-state index is 0.386. The standard InChI is InChI=1S/C12H21N3O/c1-9-10(8-14-15(9)2)7-13-11-5-4-6-12(11)16-3/h8,11-13H,4-7H2,1-3H3. The van der Waals surface area contributed by atoms with Gasteiger partial charge in [-0.25, -0.2) is 0 Å². The molecule has 1 aliphatic rings. The number of methoxy groups -OCH3 is 1. The van der Waals surface area contributed by atoms with Crippen LogP contribution in [0.1, 0.15) is 30.5 Å². The van der Waals surface area contributed by atoms with Gasteiger partial charge in [0.1, 0.15) is 0 Å². The maximum absolute atomic E-state index is 5.46. The second-order valence-electron chi connectivity index (χ2n) is 4.57. The van der Waals surface area contributed by atoms with Gasteiger partial charge in [-0.1, -0.05) is 0 Å². The summed E-state index contributed by atoms with van der Waals surface area (Å²) in [5, 5.41) is 7.82. The minimum Gasteiger partial charge on any atom is -0.380 e. The first kappa shape index (κ1) is 11.6. The lowest BCUT2D eigenvalue weighted by Gasteiger charge is -2.19. The Labute approximate surface area is 97.0 Å². The van der Waals surface area contributed by atoms with Gasteiger partial charge in [-0.2, -0.15) is 5.10 Å². The van der Waals surface area contributed by atoms with Crippen LogP contribution in [0.4, 0.5) is 0 Å². The van der Waals surface area contributed by atoms with Crippen molar-refractivity contribution in [2.75, 3.05) is 7.11 Å². The topological polar surface area (TPSA) is 39.1 Å². The first-order valence-electron chi connectivity index (χ1n) is 5.96. The third kappa shape index (κ3) is 2.28. The van der Waals surface area contributed by atoms with Crippen molar-refractivity contribution in [1.29, 1.82) is 0 Å². The molecule has 0 aliphatic heterocycles. The molecule has 1 fully saturated rings. The van der Waals surface area contributed by atoms with Crippen molar-refractivity contribution in [1.82, 2.24) is 15.1 Å². The molecule has 90 valence electrons. The Hall–Kier alpha value is -0.870. The zero-order chi connectivity index (χ0) is 11.5. The Balaban J connectivity index is 1.89.